The van der Waals surface area contributed by atoms with Gasteiger partial charge in [0.1, 0.15) is 0 Å². The van der Waals surface area contributed by atoms with E-state index < -0.39 is 0 Å². The van der Waals surface area contributed by atoms with Crippen molar-refractivity contribution in [1.82, 2.24) is 5.32 Å². The Labute approximate surface area is 128 Å². The van der Waals surface area contributed by atoms with Crippen molar-refractivity contribution >= 4 is 18.3 Å². The Hall–Kier alpha value is -1.06. The van der Waals surface area contributed by atoms with Crippen molar-refractivity contribution in [2.45, 2.75) is 53.0 Å². The monoisotopic (exact) mass is 298 g/mol. The molecule has 0 aliphatic heterocycles. The van der Waals surface area contributed by atoms with Crippen LogP contribution in [0.15, 0.2) is 12.1 Å². The van der Waals surface area contributed by atoms with E-state index in [4.69, 9.17) is 5.73 Å². The predicted molar refractivity (Wildman–Crippen MR) is 87.5 cm³/mol. The van der Waals surface area contributed by atoms with Gasteiger partial charge in [0.15, 0.2) is 0 Å². The van der Waals surface area contributed by atoms with Gasteiger partial charge < -0.3 is 11.1 Å². The van der Waals surface area contributed by atoms with E-state index >= 15 is 0 Å². The largest absolute Gasteiger partial charge is 0.354 e. The summed E-state index contributed by atoms with van der Waals surface area (Å²) in [6, 6.07) is 4.00. The third kappa shape index (κ3) is 5.51. The third-order valence-corrected chi connectivity index (χ3v) is 3.45. The van der Waals surface area contributed by atoms with Gasteiger partial charge >= 0.3 is 0 Å². The summed E-state index contributed by atoms with van der Waals surface area (Å²) >= 11 is 0. The number of benzene rings is 1. The lowest BCUT2D eigenvalue weighted by Crippen LogP contribution is -2.41. The van der Waals surface area contributed by atoms with Crippen molar-refractivity contribution in [2.24, 2.45) is 5.73 Å². The van der Waals surface area contributed by atoms with Crippen LogP contribution in [0.2, 0.25) is 0 Å². The summed E-state index contributed by atoms with van der Waals surface area (Å²) in [7, 11) is 0. The molecule has 3 N–H and O–H groups in total. The van der Waals surface area contributed by atoms with Crippen LogP contribution in [0.25, 0.3) is 0 Å². The highest BCUT2D eigenvalue weighted by Crippen LogP contribution is 2.16. The van der Waals surface area contributed by atoms with Crippen LogP contribution in [0.3, 0.4) is 0 Å². The van der Waals surface area contributed by atoms with Crippen LogP contribution in [0.1, 0.15) is 42.0 Å². The molecule has 0 aliphatic carbocycles. The predicted octanol–water partition coefficient (Wildman–Crippen LogP) is 2.82. The van der Waals surface area contributed by atoms with Gasteiger partial charge in [0, 0.05) is 6.54 Å². The number of nitrogens with one attached hydrogen (secondary N) is 1. The molecule has 3 nitrogen and oxygen atoms in total. The van der Waals surface area contributed by atoms with E-state index in [1.165, 1.54) is 22.3 Å². The van der Waals surface area contributed by atoms with Crippen molar-refractivity contribution in [1.29, 1.82) is 0 Å². The quantitative estimate of drug-likeness (QED) is 0.848. The van der Waals surface area contributed by atoms with Crippen molar-refractivity contribution < 1.29 is 4.79 Å². The molecule has 1 aromatic rings. The summed E-state index contributed by atoms with van der Waals surface area (Å²) < 4.78 is 0. The molecule has 0 radical (unpaired) electrons. The fourth-order valence-electron chi connectivity index (χ4n) is 2.49. The second kappa shape index (κ2) is 8.98. The molecule has 0 saturated carbocycles. The number of nitrogens with two attached hydrogens (primary N) is 1. The molecule has 1 aromatic carbocycles. The average molecular weight is 299 g/mol. The summed E-state index contributed by atoms with van der Waals surface area (Å²) in [5, 5.41) is 2.92. The zero-order chi connectivity index (χ0) is 14.4. The molecule has 114 valence electrons. The molecule has 4 heteroatoms. The van der Waals surface area contributed by atoms with E-state index in [0.29, 0.717) is 6.54 Å². The van der Waals surface area contributed by atoms with Gasteiger partial charge in [-0.1, -0.05) is 31.0 Å². The number of amides is 1. The minimum absolute atomic E-state index is 0. The van der Waals surface area contributed by atoms with Gasteiger partial charge in [0.2, 0.25) is 5.91 Å². The van der Waals surface area contributed by atoms with E-state index in [9.17, 15) is 4.79 Å². The molecule has 1 atom stereocenters. The van der Waals surface area contributed by atoms with Crippen LogP contribution in [-0.4, -0.2) is 18.5 Å². The Bertz CT molecular complexity index is 423. The third-order valence-electron chi connectivity index (χ3n) is 3.45. The minimum atomic E-state index is -0.370. The zero-order valence-corrected chi connectivity index (χ0v) is 13.8. The lowest BCUT2D eigenvalue weighted by atomic mass is 9.97. The van der Waals surface area contributed by atoms with E-state index in [1.54, 1.807) is 0 Å². The Balaban J connectivity index is 0.00000361. The van der Waals surface area contributed by atoms with Gasteiger partial charge in [0.25, 0.3) is 0 Å². The second-order valence-corrected chi connectivity index (χ2v) is 5.31. The number of hydrogen-bond donors (Lipinski definition) is 2. The standard InChI is InChI=1S/C16H26N2O.ClH/c1-5-6-15(17)16(19)18-8-7-14-12(3)9-11(2)10-13(14)4;/h9-10,15H,5-8,17H2,1-4H3,(H,18,19);1H. The summed E-state index contributed by atoms with van der Waals surface area (Å²) in [5.74, 6) is -0.0377. The number of aryl methyl sites for hydroxylation is 3. The van der Waals surface area contributed by atoms with Crippen molar-refractivity contribution in [3.8, 4) is 0 Å². The first-order valence-corrected chi connectivity index (χ1v) is 7.05. The Morgan fingerprint density at radius 2 is 1.80 bits per heavy atom. The molecule has 20 heavy (non-hydrogen) atoms. The smallest absolute Gasteiger partial charge is 0.236 e. The molecule has 0 saturated heterocycles. The molecular weight excluding hydrogens is 272 g/mol. The Kier molecular flexibility index (Phi) is 8.51. The minimum Gasteiger partial charge on any atom is -0.354 e. The lowest BCUT2D eigenvalue weighted by molar-refractivity contribution is -0.122. The fraction of sp³-hybridized carbons (Fsp3) is 0.562. The van der Waals surface area contributed by atoms with E-state index in [0.717, 1.165) is 19.3 Å². The second-order valence-electron chi connectivity index (χ2n) is 5.31. The highest BCUT2D eigenvalue weighted by Gasteiger charge is 2.11. The zero-order valence-electron chi connectivity index (χ0n) is 13.0. The van der Waals surface area contributed by atoms with Gasteiger partial charge in [-0.25, -0.2) is 0 Å². The van der Waals surface area contributed by atoms with Gasteiger partial charge in [-0.05, 0) is 50.3 Å². The maximum atomic E-state index is 11.7. The van der Waals surface area contributed by atoms with Gasteiger partial charge in [-0.2, -0.15) is 0 Å². The molecule has 0 aromatic heterocycles. The van der Waals surface area contributed by atoms with Gasteiger partial charge in [-0.3, -0.25) is 4.79 Å². The van der Waals surface area contributed by atoms with Crippen LogP contribution in [0, 0.1) is 20.8 Å². The Morgan fingerprint density at radius 3 is 2.30 bits per heavy atom. The summed E-state index contributed by atoms with van der Waals surface area (Å²) in [6.45, 7) is 9.04. The fourth-order valence-corrected chi connectivity index (χ4v) is 2.49. The van der Waals surface area contributed by atoms with Crippen LogP contribution < -0.4 is 11.1 Å². The normalized spacial score (nSPS) is 11.7. The molecule has 0 fully saturated rings. The number of carbonyl (C=O) groups excluding carboxylic acids is 1. The molecule has 1 unspecified atom stereocenters. The number of halogens is 1. The average Bonchev–Trinajstić information content (AvgIpc) is 2.32. The van der Waals surface area contributed by atoms with Gasteiger partial charge in [-0.15, -0.1) is 12.4 Å². The Morgan fingerprint density at radius 1 is 1.25 bits per heavy atom. The maximum Gasteiger partial charge on any atom is 0.236 e. The number of hydrogen-bond acceptors (Lipinski definition) is 2. The molecule has 0 bridgehead atoms. The molecule has 0 heterocycles. The molecule has 0 spiro atoms. The van der Waals surface area contributed by atoms with E-state index in [1.807, 2.05) is 6.92 Å². The first-order chi connectivity index (χ1) is 8.95. The molecular formula is C16H27ClN2O. The van der Waals surface area contributed by atoms with Crippen molar-refractivity contribution in [3.63, 3.8) is 0 Å². The molecule has 1 rings (SSSR count). The summed E-state index contributed by atoms with van der Waals surface area (Å²) in [5.41, 5.74) is 11.0. The first-order valence-electron chi connectivity index (χ1n) is 7.05. The maximum absolute atomic E-state index is 11.7. The number of rotatable bonds is 6. The highest BCUT2D eigenvalue weighted by atomic mass is 35.5. The van der Waals surface area contributed by atoms with Crippen molar-refractivity contribution in [3.05, 3.63) is 34.4 Å². The summed E-state index contributed by atoms with van der Waals surface area (Å²) in [6.07, 6.45) is 2.54. The van der Waals surface area contributed by atoms with Crippen LogP contribution in [0.5, 0.6) is 0 Å². The van der Waals surface area contributed by atoms with E-state index in [2.05, 4.69) is 38.2 Å². The highest BCUT2D eigenvalue weighted by molar-refractivity contribution is 5.85. The molecule has 0 aliphatic rings. The van der Waals surface area contributed by atoms with Crippen LogP contribution >= 0.6 is 12.4 Å². The summed E-state index contributed by atoms with van der Waals surface area (Å²) in [4.78, 5) is 11.7. The SMILES string of the molecule is CCCC(N)C(=O)NCCc1c(C)cc(C)cc1C.Cl. The van der Waals surface area contributed by atoms with Crippen LogP contribution in [0.4, 0.5) is 0 Å². The first kappa shape index (κ1) is 18.9. The van der Waals surface area contributed by atoms with Gasteiger partial charge in [0.05, 0.1) is 6.04 Å². The lowest BCUT2D eigenvalue weighted by Gasteiger charge is -2.14. The number of carbonyl (C=O) groups is 1. The van der Waals surface area contributed by atoms with Crippen molar-refractivity contribution in [2.75, 3.05) is 6.54 Å². The van der Waals surface area contributed by atoms with E-state index in [-0.39, 0.29) is 24.4 Å². The van der Waals surface area contributed by atoms with Crippen LogP contribution in [-0.2, 0) is 11.2 Å². The molecule has 1 amide bonds. The topological polar surface area (TPSA) is 55.1 Å².